The zero-order chi connectivity index (χ0) is 14.0. The first-order chi connectivity index (χ1) is 9.00. The van der Waals surface area contributed by atoms with Crippen LogP contribution in [0.25, 0.3) is 0 Å². The largest absolute Gasteiger partial charge is 0.481 e. The van der Waals surface area contributed by atoms with Gasteiger partial charge in [-0.05, 0) is 37.5 Å². The van der Waals surface area contributed by atoms with Crippen molar-refractivity contribution in [2.45, 2.75) is 19.8 Å². The molecule has 1 aliphatic rings. The Kier molecular flexibility index (Phi) is 4.10. The molecular weight excluding hydrogens is 266 g/mol. The van der Waals surface area contributed by atoms with E-state index in [0.717, 1.165) is 12.0 Å². The second-order valence-corrected chi connectivity index (χ2v) is 5.25. The number of carbonyl (C=O) groups excluding carboxylic acids is 1. The second-order valence-electron chi connectivity index (χ2n) is 4.84. The van der Waals surface area contributed by atoms with Crippen molar-refractivity contribution >= 4 is 23.5 Å². The first-order valence-corrected chi connectivity index (χ1v) is 6.65. The summed E-state index contributed by atoms with van der Waals surface area (Å²) in [4.78, 5) is 25.0. The van der Waals surface area contributed by atoms with Gasteiger partial charge in [-0.2, -0.15) is 0 Å². The summed E-state index contributed by atoms with van der Waals surface area (Å²) in [5.41, 5.74) is 1.30. The highest BCUT2D eigenvalue weighted by Gasteiger charge is 2.29. The van der Waals surface area contributed by atoms with Crippen LogP contribution in [0.15, 0.2) is 18.2 Å². The van der Waals surface area contributed by atoms with Crippen molar-refractivity contribution in [1.82, 2.24) is 4.90 Å². The molecule has 1 saturated heterocycles. The molecule has 0 radical (unpaired) electrons. The van der Waals surface area contributed by atoms with Gasteiger partial charge in [-0.25, -0.2) is 0 Å². The van der Waals surface area contributed by atoms with Gasteiger partial charge in [0.15, 0.2) is 0 Å². The van der Waals surface area contributed by atoms with Crippen LogP contribution in [-0.4, -0.2) is 35.0 Å². The molecule has 0 bridgehead atoms. The van der Waals surface area contributed by atoms with Gasteiger partial charge in [0.05, 0.1) is 5.92 Å². The fourth-order valence-electron chi connectivity index (χ4n) is 2.37. The topological polar surface area (TPSA) is 57.6 Å². The summed E-state index contributed by atoms with van der Waals surface area (Å²) in [5, 5.41) is 9.60. The summed E-state index contributed by atoms with van der Waals surface area (Å²) in [5.74, 6) is -1.43. The van der Waals surface area contributed by atoms with Gasteiger partial charge in [0.2, 0.25) is 0 Å². The number of piperidine rings is 1. The van der Waals surface area contributed by atoms with Crippen LogP contribution in [0, 0.1) is 12.8 Å². The van der Waals surface area contributed by atoms with Crippen molar-refractivity contribution < 1.29 is 14.7 Å². The number of carboxylic acids is 1. The molecule has 5 heteroatoms. The lowest BCUT2D eigenvalue weighted by Crippen LogP contribution is -2.42. The van der Waals surface area contributed by atoms with Crippen LogP contribution in [0.1, 0.15) is 28.8 Å². The Morgan fingerprint density at radius 1 is 1.42 bits per heavy atom. The number of nitrogens with zero attached hydrogens (tertiary/aromatic N) is 1. The van der Waals surface area contributed by atoms with Crippen molar-refractivity contribution in [3.8, 4) is 0 Å². The summed E-state index contributed by atoms with van der Waals surface area (Å²) < 4.78 is 0. The van der Waals surface area contributed by atoms with Gasteiger partial charge in [0.1, 0.15) is 0 Å². The maximum absolute atomic E-state index is 12.4. The molecule has 0 aliphatic carbocycles. The number of likely N-dealkylation sites (tertiary alicyclic amines) is 1. The monoisotopic (exact) mass is 281 g/mol. The first-order valence-electron chi connectivity index (χ1n) is 6.28. The fraction of sp³-hybridized carbons (Fsp3) is 0.429. The molecule has 1 aromatic rings. The van der Waals surface area contributed by atoms with Gasteiger partial charge in [0, 0.05) is 23.7 Å². The Balaban J connectivity index is 2.19. The van der Waals surface area contributed by atoms with Gasteiger partial charge in [-0.15, -0.1) is 0 Å². The minimum absolute atomic E-state index is 0.133. The molecular formula is C14H16ClNO3. The van der Waals surface area contributed by atoms with E-state index in [1.807, 2.05) is 0 Å². The van der Waals surface area contributed by atoms with E-state index in [9.17, 15) is 9.59 Å². The standard InChI is InChI=1S/C14H16ClNO3/c1-9-11(5-2-6-12(9)15)13(17)16-7-3-4-10(8-16)14(18)19/h2,5-6,10H,3-4,7-8H2,1H3,(H,18,19). The number of carboxylic acid groups (broad SMARTS) is 1. The van der Waals surface area contributed by atoms with Crippen molar-refractivity contribution in [1.29, 1.82) is 0 Å². The molecule has 102 valence electrons. The molecule has 1 amide bonds. The minimum atomic E-state index is -0.833. The summed E-state index contributed by atoms with van der Waals surface area (Å²) in [6.07, 6.45) is 1.36. The highest BCUT2D eigenvalue weighted by Crippen LogP contribution is 2.23. The Labute approximate surface area is 117 Å². The summed E-state index contributed by atoms with van der Waals surface area (Å²) in [7, 11) is 0. The molecule has 1 fully saturated rings. The number of rotatable bonds is 2. The van der Waals surface area contributed by atoms with Crippen molar-refractivity contribution in [3.05, 3.63) is 34.3 Å². The van der Waals surface area contributed by atoms with Gasteiger partial charge >= 0.3 is 5.97 Å². The van der Waals surface area contributed by atoms with E-state index in [2.05, 4.69) is 0 Å². The van der Waals surface area contributed by atoms with Crippen LogP contribution in [0.2, 0.25) is 5.02 Å². The van der Waals surface area contributed by atoms with E-state index in [0.29, 0.717) is 23.6 Å². The van der Waals surface area contributed by atoms with Crippen LogP contribution < -0.4 is 0 Å². The zero-order valence-corrected chi connectivity index (χ0v) is 11.5. The zero-order valence-electron chi connectivity index (χ0n) is 10.7. The van der Waals surface area contributed by atoms with Crippen molar-refractivity contribution in [2.24, 2.45) is 5.92 Å². The lowest BCUT2D eigenvalue weighted by Gasteiger charge is -2.31. The van der Waals surface area contributed by atoms with Crippen LogP contribution >= 0.6 is 11.6 Å². The Morgan fingerprint density at radius 3 is 2.84 bits per heavy atom. The SMILES string of the molecule is Cc1c(Cl)cccc1C(=O)N1CCCC(C(=O)O)C1. The molecule has 0 spiro atoms. The number of carbonyl (C=O) groups is 2. The molecule has 1 atom stereocenters. The van der Waals surface area contributed by atoms with E-state index in [4.69, 9.17) is 16.7 Å². The van der Waals surface area contributed by atoms with Crippen LogP contribution in [0.4, 0.5) is 0 Å². The molecule has 0 aromatic heterocycles. The predicted molar refractivity (Wildman–Crippen MR) is 72.5 cm³/mol. The second kappa shape index (κ2) is 5.61. The number of benzene rings is 1. The molecule has 0 saturated carbocycles. The molecule has 4 nitrogen and oxygen atoms in total. The predicted octanol–water partition coefficient (Wildman–Crippen LogP) is 2.59. The molecule has 19 heavy (non-hydrogen) atoms. The van der Waals surface area contributed by atoms with Crippen LogP contribution in [0.5, 0.6) is 0 Å². The number of hydrogen-bond donors (Lipinski definition) is 1. The first kappa shape index (κ1) is 13.9. The van der Waals surface area contributed by atoms with Gasteiger partial charge in [-0.3, -0.25) is 9.59 Å². The van der Waals surface area contributed by atoms with Crippen LogP contribution in [-0.2, 0) is 4.79 Å². The third-order valence-electron chi connectivity index (χ3n) is 3.56. The van der Waals surface area contributed by atoms with Gasteiger partial charge < -0.3 is 10.0 Å². The van der Waals surface area contributed by atoms with Gasteiger partial charge in [0.25, 0.3) is 5.91 Å². The summed E-state index contributed by atoms with van der Waals surface area (Å²) in [6, 6.07) is 5.21. The maximum Gasteiger partial charge on any atom is 0.308 e. The smallest absolute Gasteiger partial charge is 0.308 e. The average Bonchev–Trinajstić information content (AvgIpc) is 2.41. The molecule has 1 aliphatic heterocycles. The Morgan fingerprint density at radius 2 is 2.16 bits per heavy atom. The highest BCUT2D eigenvalue weighted by molar-refractivity contribution is 6.31. The molecule has 1 unspecified atom stereocenters. The van der Waals surface area contributed by atoms with E-state index < -0.39 is 11.9 Å². The van der Waals surface area contributed by atoms with Gasteiger partial charge in [-0.1, -0.05) is 17.7 Å². The van der Waals surface area contributed by atoms with Crippen LogP contribution in [0.3, 0.4) is 0 Å². The van der Waals surface area contributed by atoms with E-state index in [1.54, 1.807) is 30.0 Å². The summed E-state index contributed by atoms with van der Waals surface area (Å²) >= 11 is 6.01. The van der Waals surface area contributed by atoms with Crippen molar-refractivity contribution in [2.75, 3.05) is 13.1 Å². The fourth-order valence-corrected chi connectivity index (χ4v) is 2.55. The molecule has 1 aromatic carbocycles. The average molecular weight is 282 g/mol. The Hall–Kier alpha value is -1.55. The number of halogens is 1. The highest BCUT2D eigenvalue weighted by atomic mass is 35.5. The Bertz CT molecular complexity index is 515. The molecule has 1 heterocycles. The van der Waals surface area contributed by atoms with E-state index in [-0.39, 0.29) is 12.5 Å². The van der Waals surface area contributed by atoms with E-state index in [1.165, 1.54) is 0 Å². The third kappa shape index (κ3) is 2.89. The maximum atomic E-state index is 12.4. The lowest BCUT2D eigenvalue weighted by molar-refractivity contribution is -0.143. The van der Waals surface area contributed by atoms with E-state index >= 15 is 0 Å². The normalized spacial score (nSPS) is 19.3. The minimum Gasteiger partial charge on any atom is -0.481 e. The number of hydrogen-bond acceptors (Lipinski definition) is 2. The third-order valence-corrected chi connectivity index (χ3v) is 3.97. The summed E-state index contributed by atoms with van der Waals surface area (Å²) in [6.45, 7) is 2.68. The van der Waals surface area contributed by atoms with Crippen molar-refractivity contribution in [3.63, 3.8) is 0 Å². The number of amides is 1. The molecule has 1 N–H and O–H groups in total. The molecule has 2 rings (SSSR count). The quantitative estimate of drug-likeness (QED) is 0.906. The number of aliphatic carboxylic acids is 1. The lowest BCUT2D eigenvalue weighted by atomic mass is 9.97.